The molecule has 0 spiro atoms. The lowest BCUT2D eigenvalue weighted by Gasteiger charge is -2.13. The van der Waals surface area contributed by atoms with Crippen LogP contribution >= 0.6 is 0 Å². The summed E-state index contributed by atoms with van der Waals surface area (Å²) in [5, 5.41) is 8.02. The maximum atomic E-state index is 11.9. The van der Waals surface area contributed by atoms with Gasteiger partial charge in [0.05, 0.1) is 29.6 Å². The summed E-state index contributed by atoms with van der Waals surface area (Å²) in [5.41, 5.74) is 11.2. The van der Waals surface area contributed by atoms with Gasteiger partial charge in [-0.2, -0.15) is 5.10 Å². The normalized spacial score (nSPS) is 13.3. The van der Waals surface area contributed by atoms with E-state index in [1.807, 2.05) is 67.2 Å². The molecule has 1 aliphatic rings. The molecule has 0 atom stereocenters. The molecule has 1 amide bonds. The molecule has 5 rings (SSSR count). The highest BCUT2D eigenvalue weighted by molar-refractivity contribution is 6.02. The highest BCUT2D eigenvalue weighted by Crippen LogP contribution is 2.46. The van der Waals surface area contributed by atoms with E-state index >= 15 is 0 Å². The van der Waals surface area contributed by atoms with Gasteiger partial charge in [0, 0.05) is 54.1 Å². The Bertz CT molecular complexity index is 1310. The van der Waals surface area contributed by atoms with Crippen molar-refractivity contribution in [2.45, 2.75) is 51.8 Å². The fraction of sp³-hybridized carbons (Fsp3) is 0.333. The monoisotopic (exact) mass is 473 g/mol. The standard InChI is InChI=1S/C27H31N5O3/c1-18(2)35-27(33)30-20-7-5-19(6-8-20)26-25(28)23-12-11-22(17-24(23)32(26)21-9-10-21)34-16-4-15-31-14-3-13-29-31/h3,5-8,11-14,17-18,21H,4,9-10,15-16,28H2,1-2H3,(H,30,33). The van der Waals surface area contributed by atoms with Crippen LogP contribution in [0.2, 0.25) is 0 Å². The van der Waals surface area contributed by atoms with Gasteiger partial charge in [-0.05, 0) is 57.0 Å². The van der Waals surface area contributed by atoms with Crippen LogP contribution in [-0.4, -0.2) is 33.2 Å². The highest BCUT2D eigenvalue weighted by Gasteiger charge is 2.30. The van der Waals surface area contributed by atoms with Gasteiger partial charge >= 0.3 is 6.09 Å². The number of fused-ring (bicyclic) bond motifs is 1. The first-order chi connectivity index (χ1) is 17.0. The van der Waals surface area contributed by atoms with Crippen LogP contribution in [0.4, 0.5) is 16.2 Å². The first kappa shape index (κ1) is 22.8. The minimum atomic E-state index is -0.462. The van der Waals surface area contributed by atoms with E-state index in [-0.39, 0.29) is 6.10 Å². The van der Waals surface area contributed by atoms with Crippen LogP contribution in [0.5, 0.6) is 5.75 Å². The number of ether oxygens (including phenoxy) is 2. The Kier molecular flexibility index (Phi) is 6.35. The number of carbonyl (C=O) groups is 1. The molecule has 0 aliphatic heterocycles. The first-order valence-corrected chi connectivity index (χ1v) is 12.1. The number of nitrogens with one attached hydrogen (secondary N) is 1. The van der Waals surface area contributed by atoms with Gasteiger partial charge in [0.2, 0.25) is 0 Å². The number of benzene rings is 2. The van der Waals surface area contributed by atoms with Crippen LogP contribution in [0.15, 0.2) is 60.9 Å². The van der Waals surface area contributed by atoms with Gasteiger partial charge in [-0.15, -0.1) is 0 Å². The van der Waals surface area contributed by atoms with Crippen LogP contribution in [-0.2, 0) is 11.3 Å². The Morgan fingerprint density at radius 1 is 1.20 bits per heavy atom. The Morgan fingerprint density at radius 3 is 2.69 bits per heavy atom. The average Bonchev–Trinajstić information content (AvgIpc) is 3.45. The van der Waals surface area contributed by atoms with Gasteiger partial charge in [0.25, 0.3) is 0 Å². The number of nitrogen functional groups attached to an aromatic ring is 1. The number of nitrogens with two attached hydrogens (primary N) is 1. The van der Waals surface area contributed by atoms with Gasteiger partial charge in [-0.25, -0.2) is 4.79 Å². The third-order valence-electron chi connectivity index (χ3n) is 6.03. The van der Waals surface area contributed by atoms with Crippen LogP contribution in [0.25, 0.3) is 22.2 Å². The Morgan fingerprint density at radius 2 is 2.00 bits per heavy atom. The second-order valence-corrected chi connectivity index (χ2v) is 9.17. The molecular weight excluding hydrogens is 442 g/mol. The van der Waals surface area contributed by atoms with Gasteiger partial charge in [-0.3, -0.25) is 10.00 Å². The summed E-state index contributed by atoms with van der Waals surface area (Å²) < 4.78 is 15.5. The predicted octanol–water partition coefficient (Wildman–Crippen LogP) is 5.85. The van der Waals surface area contributed by atoms with Crippen molar-refractivity contribution in [3.05, 3.63) is 60.9 Å². The summed E-state index contributed by atoms with van der Waals surface area (Å²) in [5.74, 6) is 0.840. The van der Waals surface area contributed by atoms with Crippen molar-refractivity contribution in [1.29, 1.82) is 0 Å². The maximum Gasteiger partial charge on any atom is 0.411 e. The summed E-state index contributed by atoms with van der Waals surface area (Å²) in [6.07, 6.45) is 6.25. The molecule has 1 fully saturated rings. The van der Waals surface area contributed by atoms with Crippen LogP contribution in [0.1, 0.15) is 39.2 Å². The largest absolute Gasteiger partial charge is 0.493 e. The summed E-state index contributed by atoms with van der Waals surface area (Å²) in [7, 11) is 0. The summed E-state index contributed by atoms with van der Waals surface area (Å²) in [6, 6.07) is 16.2. The van der Waals surface area contributed by atoms with Crippen molar-refractivity contribution in [2.75, 3.05) is 17.7 Å². The number of hydrogen-bond donors (Lipinski definition) is 2. The third kappa shape index (κ3) is 5.11. The van der Waals surface area contributed by atoms with Crippen molar-refractivity contribution < 1.29 is 14.3 Å². The lowest BCUT2D eigenvalue weighted by Crippen LogP contribution is -2.17. The molecular formula is C27H31N5O3. The van der Waals surface area contributed by atoms with Crippen LogP contribution in [0, 0.1) is 0 Å². The van der Waals surface area contributed by atoms with Gasteiger partial charge in [0.15, 0.2) is 0 Å². The highest BCUT2D eigenvalue weighted by atomic mass is 16.6. The fourth-order valence-electron chi connectivity index (χ4n) is 4.33. The maximum absolute atomic E-state index is 11.9. The number of aryl methyl sites for hydroxylation is 1. The molecule has 3 N–H and O–H groups in total. The third-order valence-corrected chi connectivity index (χ3v) is 6.03. The second kappa shape index (κ2) is 9.74. The number of nitrogens with zero attached hydrogens (tertiary/aromatic N) is 3. The first-order valence-electron chi connectivity index (χ1n) is 12.1. The van der Waals surface area contributed by atoms with Crippen molar-refractivity contribution >= 4 is 28.4 Å². The number of amides is 1. The van der Waals surface area contributed by atoms with E-state index in [4.69, 9.17) is 15.2 Å². The minimum absolute atomic E-state index is 0.173. The molecule has 2 aromatic heterocycles. The van der Waals surface area contributed by atoms with E-state index in [2.05, 4.69) is 21.0 Å². The quantitative estimate of drug-likeness (QED) is 0.297. The zero-order chi connectivity index (χ0) is 24.4. The van der Waals surface area contributed by atoms with Crippen molar-refractivity contribution in [3.8, 4) is 17.0 Å². The molecule has 4 aromatic rings. The molecule has 8 heteroatoms. The number of rotatable bonds is 9. The molecule has 2 heterocycles. The molecule has 1 aliphatic carbocycles. The van der Waals surface area contributed by atoms with Crippen molar-refractivity contribution in [1.82, 2.24) is 14.3 Å². The molecule has 0 unspecified atom stereocenters. The molecule has 0 saturated heterocycles. The minimum Gasteiger partial charge on any atom is -0.493 e. The SMILES string of the molecule is CC(C)OC(=O)Nc1ccc(-c2c(N)c3ccc(OCCCn4cccn4)cc3n2C2CC2)cc1. The number of anilines is 2. The topological polar surface area (TPSA) is 96.3 Å². The molecule has 1 saturated carbocycles. The Hall–Kier alpha value is -3.94. The smallest absolute Gasteiger partial charge is 0.411 e. The second-order valence-electron chi connectivity index (χ2n) is 9.17. The van der Waals surface area contributed by atoms with E-state index in [9.17, 15) is 4.79 Å². The van der Waals surface area contributed by atoms with E-state index in [0.717, 1.165) is 59.4 Å². The molecule has 35 heavy (non-hydrogen) atoms. The summed E-state index contributed by atoms with van der Waals surface area (Å²) in [4.78, 5) is 11.9. The van der Waals surface area contributed by atoms with Gasteiger partial charge < -0.3 is 19.8 Å². The zero-order valence-corrected chi connectivity index (χ0v) is 20.1. The molecule has 2 aromatic carbocycles. The van der Waals surface area contributed by atoms with E-state index < -0.39 is 6.09 Å². The Balaban J connectivity index is 1.37. The van der Waals surface area contributed by atoms with Crippen molar-refractivity contribution in [3.63, 3.8) is 0 Å². The van der Waals surface area contributed by atoms with E-state index in [0.29, 0.717) is 18.3 Å². The lowest BCUT2D eigenvalue weighted by atomic mass is 10.1. The van der Waals surface area contributed by atoms with Gasteiger partial charge in [0.1, 0.15) is 5.75 Å². The number of hydrogen-bond acceptors (Lipinski definition) is 5. The summed E-state index contributed by atoms with van der Waals surface area (Å²) >= 11 is 0. The molecule has 0 radical (unpaired) electrons. The number of aromatic nitrogens is 3. The van der Waals surface area contributed by atoms with Crippen LogP contribution < -0.4 is 15.8 Å². The molecule has 8 nitrogen and oxygen atoms in total. The molecule has 0 bridgehead atoms. The van der Waals surface area contributed by atoms with Crippen LogP contribution in [0.3, 0.4) is 0 Å². The van der Waals surface area contributed by atoms with Crippen molar-refractivity contribution in [2.24, 2.45) is 0 Å². The number of carbonyl (C=O) groups excluding carboxylic acids is 1. The van der Waals surface area contributed by atoms with E-state index in [1.54, 1.807) is 6.20 Å². The summed E-state index contributed by atoms with van der Waals surface area (Å²) in [6.45, 7) is 5.08. The fourth-order valence-corrected chi connectivity index (χ4v) is 4.33. The Labute approximate surface area is 204 Å². The average molecular weight is 474 g/mol. The van der Waals surface area contributed by atoms with E-state index in [1.165, 1.54) is 0 Å². The lowest BCUT2D eigenvalue weighted by molar-refractivity contribution is 0.130. The molecule has 182 valence electrons. The van der Waals surface area contributed by atoms with Gasteiger partial charge in [-0.1, -0.05) is 12.1 Å². The predicted molar refractivity (Wildman–Crippen MR) is 138 cm³/mol. The zero-order valence-electron chi connectivity index (χ0n) is 20.1.